The maximum atomic E-state index is 12.5. The maximum absolute atomic E-state index is 12.5. The minimum Gasteiger partial charge on any atom is -0.495 e. The number of carbonyl (C=O) groups excluding carboxylic acids is 2. The molecule has 0 aliphatic carbocycles. The lowest BCUT2D eigenvalue weighted by Gasteiger charge is -2.26. The molecule has 1 aromatic carbocycles. The van der Waals surface area contributed by atoms with E-state index in [-0.39, 0.29) is 13.1 Å². The number of ether oxygens (including phenoxy) is 2. The summed E-state index contributed by atoms with van der Waals surface area (Å²) in [4.78, 5) is 35.7. The Morgan fingerprint density at radius 3 is 2.76 bits per heavy atom. The highest BCUT2D eigenvalue weighted by Crippen LogP contribution is 2.33. The monoisotopic (exact) mass is 533 g/mol. The van der Waals surface area contributed by atoms with Crippen molar-refractivity contribution in [2.45, 2.75) is 44.6 Å². The fraction of sp³-hybridized carbons (Fsp3) is 0.458. The molecular weight excluding hydrogens is 507 g/mol. The summed E-state index contributed by atoms with van der Waals surface area (Å²) in [5.41, 5.74) is 3.61. The third kappa shape index (κ3) is 5.21. The topological polar surface area (TPSA) is 115 Å². The number of nitrogens with zero attached hydrogens (tertiary/aromatic N) is 6. The van der Waals surface area contributed by atoms with Crippen LogP contribution in [0.4, 0.5) is 29.6 Å². The number of anilines is 2. The highest BCUT2D eigenvalue weighted by atomic mass is 19.4. The van der Waals surface area contributed by atoms with Crippen LogP contribution >= 0.6 is 0 Å². The number of halogens is 3. The number of likely N-dealkylation sites (N-methyl/N-ethyl adjacent to an activating group) is 1. The first-order valence-electron chi connectivity index (χ1n) is 12.1. The number of alkyl halides is 3. The van der Waals surface area contributed by atoms with E-state index in [2.05, 4.69) is 37.1 Å². The van der Waals surface area contributed by atoms with Crippen molar-refractivity contribution in [2.75, 3.05) is 32.6 Å². The average Bonchev–Trinajstić information content (AvgIpc) is 3.50. The number of carbonyl (C=O) groups is 2. The van der Waals surface area contributed by atoms with E-state index in [0.717, 1.165) is 24.4 Å². The number of amides is 1. The Hall–Kier alpha value is -3.94. The fourth-order valence-corrected chi connectivity index (χ4v) is 4.84. The Kier molecular flexibility index (Phi) is 6.82. The van der Waals surface area contributed by atoms with Gasteiger partial charge in [-0.3, -0.25) is 0 Å². The van der Waals surface area contributed by atoms with Gasteiger partial charge in [-0.25, -0.2) is 19.3 Å². The van der Waals surface area contributed by atoms with E-state index in [1.54, 1.807) is 24.2 Å². The quantitative estimate of drug-likeness (QED) is 0.390. The molecule has 14 heteroatoms. The maximum Gasteiger partial charge on any atom is 0.491 e. The van der Waals surface area contributed by atoms with Crippen LogP contribution in [0.3, 0.4) is 0 Å². The van der Waals surface area contributed by atoms with Crippen molar-refractivity contribution in [1.29, 1.82) is 0 Å². The molecule has 2 aliphatic heterocycles. The van der Waals surface area contributed by atoms with Crippen molar-refractivity contribution in [1.82, 2.24) is 29.5 Å². The van der Waals surface area contributed by atoms with Crippen molar-refractivity contribution < 1.29 is 32.2 Å². The number of hydrogen-bond acceptors (Lipinski definition) is 9. The largest absolute Gasteiger partial charge is 0.495 e. The summed E-state index contributed by atoms with van der Waals surface area (Å²) >= 11 is 0. The number of hydrogen-bond donors (Lipinski definition) is 1. The zero-order valence-electron chi connectivity index (χ0n) is 20.8. The lowest BCUT2D eigenvalue weighted by Crippen LogP contribution is -2.41. The third-order valence-corrected chi connectivity index (χ3v) is 6.75. The molecule has 5 rings (SSSR count). The summed E-state index contributed by atoms with van der Waals surface area (Å²) in [5, 5.41) is 8.20. The van der Waals surface area contributed by atoms with Gasteiger partial charge in [0.05, 0.1) is 37.0 Å². The van der Waals surface area contributed by atoms with Crippen LogP contribution in [-0.2, 0) is 29.0 Å². The predicted octanol–water partition coefficient (Wildman–Crippen LogP) is 3.26. The molecule has 0 saturated carbocycles. The molecule has 11 nitrogen and oxygen atoms in total. The van der Waals surface area contributed by atoms with Crippen LogP contribution in [0.5, 0.6) is 5.75 Å². The Morgan fingerprint density at radius 2 is 2.00 bits per heavy atom. The van der Waals surface area contributed by atoms with E-state index in [4.69, 9.17) is 4.74 Å². The zero-order chi connectivity index (χ0) is 27.0. The van der Waals surface area contributed by atoms with E-state index < -0.39 is 24.3 Å². The molecule has 0 unspecified atom stereocenters. The van der Waals surface area contributed by atoms with Crippen molar-refractivity contribution in [3.05, 3.63) is 35.7 Å². The average molecular weight is 534 g/mol. The molecule has 3 aromatic rings. The highest BCUT2D eigenvalue weighted by Gasteiger charge is 2.44. The van der Waals surface area contributed by atoms with Crippen LogP contribution in [0, 0.1) is 0 Å². The number of methoxy groups -OCH3 is 1. The lowest BCUT2D eigenvalue weighted by molar-refractivity contribution is -0.193. The van der Waals surface area contributed by atoms with Gasteiger partial charge >= 0.3 is 18.2 Å². The van der Waals surface area contributed by atoms with Crippen LogP contribution < -0.4 is 10.1 Å². The third-order valence-electron chi connectivity index (χ3n) is 6.75. The van der Waals surface area contributed by atoms with Gasteiger partial charge in [-0.05, 0) is 49.6 Å². The number of benzene rings is 1. The normalized spacial score (nSPS) is 17.9. The van der Waals surface area contributed by atoms with Crippen molar-refractivity contribution in [3.8, 4) is 5.75 Å². The van der Waals surface area contributed by atoms with E-state index >= 15 is 0 Å². The van der Waals surface area contributed by atoms with Gasteiger partial charge in [-0.2, -0.15) is 23.3 Å². The molecule has 1 saturated heterocycles. The highest BCUT2D eigenvalue weighted by molar-refractivity contribution is 5.88. The van der Waals surface area contributed by atoms with Gasteiger partial charge in [0.2, 0.25) is 5.95 Å². The first-order chi connectivity index (χ1) is 18.1. The number of esters is 1. The van der Waals surface area contributed by atoms with Crippen LogP contribution in [0.15, 0.2) is 24.5 Å². The standard InChI is InChI=1S/C24H26F3N7O4/c1-32-7-5-14-9-19(37-2)18(8-15(14)12-32)30-22-28-10-16-11-29-34(20(16)31-22)13-17-4-3-6-33(17)23(36)38-21(35)24(25,26)27/h8-11,17H,3-7,12-13H2,1-2H3,(H,28,30,31)/t17-/m0/s1. The predicted molar refractivity (Wildman–Crippen MR) is 129 cm³/mol. The van der Waals surface area contributed by atoms with E-state index in [1.165, 1.54) is 11.1 Å². The minimum atomic E-state index is -5.25. The van der Waals surface area contributed by atoms with Crippen LogP contribution in [0.25, 0.3) is 11.0 Å². The second-order valence-electron chi connectivity index (χ2n) is 9.38. The first-order valence-corrected chi connectivity index (χ1v) is 12.1. The van der Waals surface area contributed by atoms with E-state index in [9.17, 15) is 22.8 Å². The SMILES string of the molecule is COc1cc2c(cc1Nc1ncc3cnn(C[C@@H]4CCCN4C(=O)OC(=O)C(F)(F)F)c3n1)CN(C)CC2. The molecule has 1 fully saturated rings. The summed E-state index contributed by atoms with van der Waals surface area (Å²) in [6, 6.07) is 3.53. The molecule has 2 aliphatic rings. The van der Waals surface area contributed by atoms with Crippen LogP contribution in [-0.4, -0.2) is 81.1 Å². The van der Waals surface area contributed by atoms with Gasteiger partial charge in [0.1, 0.15) is 5.75 Å². The van der Waals surface area contributed by atoms with Crippen molar-refractivity contribution in [3.63, 3.8) is 0 Å². The van der Waals surface area contributed by atoms with Gasteiger partial charge in [0, 0.05) is 25.8 Å². The van der Waals surface area contributed by atoms with Gasteiger partial charge < -0.3 is 24.6 Å². The Labute approximate surface area is 215 Å². The molecule has 0 radical (unpaired) electrons. The Morgan fingerprint density at radius 1 is 1.18 bits per heavy atom. The van der Waals surface area contributed by atoms with Gasteiger partial charge in [-0.1, -0.05) is 0 Å². The smallest absolute Gasteiger partial charge is 0.491 e. The van der Waals surface area contributed by atoms with Crippen LogP contribution in [0.1, 0.15) is 24.0 Å². The van der Waals surface area contributed by atoms with Gasteiger partial charge in [-0.15, -0.1) is 0 Å². The number of aromatic nitrogens is 4. The van der Waals surface area contributed by atoms with Gasteiger partial charge in [0.15, 0.2) is 5.65 Å². The minimum absolute atomic E-state index is 0.157. The summed E-state index contributed by atoms with van der Waals surface area (Å²) in [6.07, 6.45) is -1.41. The molecule has 1 N–H and O–H groups in total. The van der Waals surface area contributed by atoms with Crippen molar-refractivity contribution in [2.24, 2.45) is 0 Å². The number of likely N-dealkylation sites (tertiary alicyclic amines) is 1. The van der Waals surface area contributed by atoms with Gasteiger partial charge in [0.25, 0.3) is 0 Å². The number of rotatable bonds is 5. The van der Waals surface area contributed by atoms with E-state index in [0.29, 0.717) is 41.3 Å². The first kappa shape index (κ1) is 25.7. The Bertz CT molecular complexity index is 1380. The molecule has 1 atom stereocenters. The molecule has 0 bridgehead atoms. The molecule has 0 spiro atoms. The fourth-order valence-electron chi connectivity index (χ4n) is 4.84. The lowest BCUT2D eigenvalue weighted by atomic mass is 9.99. The zero-order valence-corrected chi connectivity index (χ0v) is 20.8. The molecular formula is C24H26F3N7O4. The summed E-state index contributed by atoms with van der Waals surface area (Å²) in [5.74, 6) is -1.57. The summed E-state index contributed by atoms with van der Waals surface area (Å²) in [6.45, 7) is 2.11. The summed E-state index contributed by atoms with van der Waals surface area (Å²) in [7, 11) is 3.67. The second-order valence-corrected chi connectivity index (χ2v) is 9.38. The molecule has 38 heavy (non-hydrogen) atoms. The molecule has 1 amide bonds. The molecule has 2 aromatic heterocycles. The Balaban J connectivity index is 1.35. The van der Waals surface area contributed by atoms with Crippen molar-refractivity contribution >= 4 is 34.7 Å². The molecule has 4 heterocycles. The van der Waals surface area contributed by atoms with Crippen LogP contribution in [0.2, 0.25) is 0 Å². The second kappa shape index (κ2) is 10.1. The summed E-state index contributed by atoms with van der Waals surface area (Å²) < 4.78 is 48.8. The molecule has 202 valence electrons. The number of fused-ring (bicyclic) bond motifs is 2. The van der Waals surface area contributed by atoms with E-state index in [1.807, 2.05) is 12.1 Å². The number of nitrogens with one attached hydrogen (secondary N) is 1.